The van der Waals surface area contributed by atoms with Crippen molar-refractivity contribution in [3.05, 3.63) is 29.4 Å². The van der Waals surface area contributed by atoms with E-state index in [1.54, 1.807) is 12.4 Å². The fraction of sp³-hybridized carbons (Fsp3) is 0.200. The van der Waals surface area contributed by atoms with Crippen molar-refractivity contribution in [3.8, 4) is 0 Å². The van der Waals surface area contributed by atoms with Crippen LogP contribution in [0.3, 0.4) is 0 Å². The van der Waals surface area contributed by atoms with Crippen molar-refractivity contribution in [1.82, 2.24) is 4.98 Å². The minimum absolute atomic E-state index is 0.121. The van der Waals surface area contributed by atoms with Crippen LogP contribution in [0.4, 0.5) is 0 Å². The van der Waals surface area contributed by atoms with Gasteiger partial charge in [0.2, 0.25) is 0 Å². The van der Waals surface area contributed by atoms with Crippen molar-refractivity contribution >= 4 is 27.4 Å². The zero-order valence-electron chi connectivity index (χ0n) is 7.88. The molecule has 0 spiro atoms. The molecule has 0 aromatic carbocycles. The molecule has 0 amide bonds. The lowest BCUT2D eigenvalue weighted by Crippen LogP contribution is -2.19. The second-order valence-corrected chi connectivity index (χ2v) is 4.30. The number of carboxylic acid groups (broad SMARTS) is 1. The van der Waals surface area contributed by atoms with Crippen LogP contribution in [0.5, 0.6) is 0 Å². The molecule has 1 unspecified atom stereocenters. The summed E-state index contributed by atoms with van der Waals surface area (Å²) in [4.78, 5) is 15.7. The fourth-order valence-electron chi connectivity index (χ4n) is 1.42. The second-order valence-electron chi connectivity index (χ2n) is 3.19. The summed E-state index contributed by atoms with van der Waals surface area (Å²) < 4.78 is 0.993. The Hall–Kier alpha value is -1.46. The second kappa shape index (κ2) is 3.96. The molecule has 0 saturated heterocycles. The lowest BCUT2D eigenvalue weighted by atomic mass is 10.1. The summed E-state index contributed by atoms with van der Waals surface area (Å²) in [6.45, 7) is 0.121. The number of carbonyl (C=O) groups is 1. The van der Waals surface area contributed by atoms with Gasteiger partial charge < -0.3 is 10.8 Å². The number of carboxylic acids is 1. The van der Waals surface area contributed by atoms with E-state index in [1.165, 1.54) is 11.3 Å². The standard InChI is InChI=1S/C10H10N2O2S/c11-4-7(10(13)14)8-3-6-1-2-12-5-9(6)15-8/h1-3,5,7H,4,11H2,(H,13,14). The van der Waals surface area contributed by atoms with E-state index < -0.39 is 11.9 Å². The molecule has 0 aliphatic rings. The Bertz CT molecular complexity index is 462. The van der Waals surface area contributed by atoms with Crippen molar-refractivity contribution in [2.45, 2.75) is 5.92 Å². The Kier molecular flexibility index (Phi) is 2.66. The zero-order chi connectivity index (χ0) is 10.8. The summed E-state index contributed by atoms with van der Waals surface area (Å²) in [7, 11) is 0. The summed E-state index contributed by atoms with van der Waals surface area (Å²) in [5, 5.41) is 9.98. The Morgan fingerprint density at radius 3 is 3.07 bits per heavy atom. The summed E-state index contributed by atoms with van der Waals surface area (Å²) in [6.07, 6.45) is 3.43. The SMILES string of the molecule is NCC(C(=O)O)c1cc2ccncc2s1. The van der Waals surface area contributed by atoms with E-state index in [-0.39, 0.29) is 6.54 Å². The van der Waals surface area contributed by atoms with Gasteiger partial charge in [0.25, 0.3) is 0 Å². The van der Waals surface area contributed by atoms with Crippen molar-refractivity contribution in [1.29, 1.82) is 0 Å². The third-order valence-electron chi connectivity index (χ3n) is 2.22. The number of aliphatic carboxylic acids is 1. The van der Waals surface area contributed by atoms with Crippen LogP contribution >= 0.6 is 11.3 Å². The molecule has 2 aromatic heterocycles. The van der Waals surface area contributed by atoms with Gasteiger partial charge in [-0.1, -0.05) is 0 Å². The van der Waals surface area contributed by atoms with Gasteiger partial charge in [-0.3, -0.25) is 9.78 Å². The van der Waals surface area contributed by atoms with Crippen molar-refractivity contribution < 1.29 is 9.90 Å². The molecular formula is C10H10N2O2S. The van der Waals surface area contributed by atoms with Crippen LogP contribution < -0.4 is 5.73 Å². The monoisotopic (exact) mass is 222 g/mol. The molecule has 0 aliphatic heterocycles. The van der Waals surface area contributed by atoms with Crippen LogP contribution in [0.1, 0.15) is 10.8 Å². The third-order valence-corrected chi connectivity index (χ3v) is 3.42. The molecule has 2 heterocycles. The first-order chi connectivity index (χ1) is 7.22. The molecule has 0 radical (unpaired) electrons. The van der Waals surface area contributed by atoms with E-state index in [2.05, 4.69) is 4.98 Å². The van der Waals surface area contributed by atoms with Crippen LogP contribution in [0.25, 0.3) is 10.1 Å². The average Bonchev–Trinajstić information content (AvgIpc) is 2.61. The van der Waals surface area contributed by atoms with Gasteiger partial charge in [-0.25, -0.2) is 0 Å². The van der Waals surface area contributed by atoms with Gasteiger partial charge in [-0.2, -0.15) is 0 Å². The molecule has 0 bridgehead atoms. The Morgan fingerprint density at radius 1 is 1.67 bits per heavy atom. The van der Waals surface area contributed by atoms with Crippen LogP contribution in [0.15, 0.2) is 24.5 Å². The third kappa shape index (κ3) is 1.84. The highest BCUT2D eigenvalue weighted by Crippen LogP contribution is 2.29. The quantitative estimate of drug-likeness (QED) is 0.823. The van der Waals surface area contributed by atoms with Crippen LogP contribution in [-0.4, -0.2) is 22.6 Å². The lowest BCUT2D eigenvalue weighted by molar-refractivity contribution is -0.138. The highest BCUT2D eigenvalue weighted by molar-refractivity contribution is 7.19. The maximum absolute atomic E-state index is 10.9. The van der Waals surface area contributed by atoms with Gasteiger partial charge in [0.05, 0.1) is 4.70 Å². The van der Waals surface area contributed by atoms with Crippen LogP contribution in [0, 0.1) is 0 Å². The van der Waals surface area contributed by atoms with E-state index in [4.69, 9.17) is 10.8 Å². The number of hydrogen-bond donors (Lipinski definition) is 2. The predicted molar refractivity (Wildman–Crippen MR) is 59.1 cm³/mol. The fourth-order valence-corrected chi connectivity index (χ4v) is 2.55. The van der Waals surface area contributed by atoms with Gasteiger partial charge in [-0.15, -0.1) is 11.3 Å². The topological polar surface area (TPSA) is 76.2 Å². The maximum atomic E-state index is 10.9. The van der Waals surface area contributed by atoms with E-state index in [1.807, 2.05) is 12.1 Å². The molecule has 0 aliphatic carbocycles. The van der Waals surface area contributed by atoms with Crippen molar-refractivity contribution in [2.24, 2.45) is 5.73 Å². The number of aromatic nitrogens is 1. The number of nitrogens with two attached hydrogens (primary N) is 1. The Balaban J connectivity index is 2.47. The number of pyridine rings is 1. The summed E-state index contributed by atoms with van der Waals surface area (Å²) in [6, 6.07) is 3.73. The van der Waals surface area contributed by atoms with Gasteiger partial charge in [0.15, 0.2) is 0 Å². The molecule has 1 atom stereocenters. The average molecular weight is 222 g/mol. The largest absolute Gasteiger partial charge is 0.481 e. The molecule has 5 heteroatoms. The number of nitrogens with zero attached hydrogens (tertiary/aromatic N) is 1. The van der Waals surface area contributed by atoms with E-state index in [0.29, 0.717) is 0 Å². The van der Waals surface area contributed by atoms with Gasteiger partial charge in [0.1, 0.15) is 5.92 Å². The molecule has 15 heavy (non-hydrogen) atoms. The molecule has 0 saturated carbocycles. The number of fused-ring (bicyclic) bond motifs is 1. The van der Waals surface area contributed by atoms with Gasteiger partial charge >= 0.3 is 5.97 Å². The number of rotatable bonds is 3. The Labute approximate surface area is 90.4 Å². The normalized spacial score (nSPS) is 12.9. The lowest BCUT2D eigenvalue weighted by Gasteiger charge is -2.05. The van der Waals surface area contributed by atoms with E-state index in [0.717, 1.165) is 15.0 Å². The van der Waals surface area contributed by atoms with E-state index in [9.17, 15) is 4.79 Å². The molecular weight excluding hydrogens is 212 g/mol. The first-order valence-electron chi connectivity index (χ1n) is 4.48. The minimum atomic E-state index is -0.878. The molecule has 4 nitrogen and oxygen atoms in total. The van der Waals surface area contributed by atoms with Crippen molar-refractivity contribution in [3.63, 3.8) is 0 Å². The zero-order valence-corrected chi connectivity index (χ0v) is 8.70. The van der Waals surface area contributed by atoms with Crippen molar-refractivity contribution in [2.75, 3.05) is 6.54 Å². The number of hydrogen-bond acceptors (Lipinski definition) is 4. The van der Waals surface area contributed by atoms with E-state index >= 15 is 0 Å². The molecule has 0 fully saturated rings. The molecule has 78 valence electrons. The highest BCUT2D eigenvalue weighted by atomic mass is 32.1. The first-order valence-corrected chi connectivity index (χ1v) is 5.30. The van der Waals surface area contributed by atoms with Gasteiger partial charge in [-0.05, 0) is 17.5 Å². The molecule has 2 rings (SSSR count). The predicted octanol–water partition coefficient (Wildman–Crippen LogP) is 1.42. The van der Waals surface area contributed by atoms with Crippen LogP contribution in [-0.2, 0) is 4.79 Å². The molecule has 3 N–H and O–H groups in total. The summed E-state index contributed by atoms with van der Waals surface area (Å²) >= 11 is 1.43. The minimum Gasteiger partial charge on any atom is -0.481 e. The Morgan fingerprint density at radius 2 is 2.47 bits per heavy atom. The maximum Gasteiger partial charge on any atom is 0.313 e. The molecule has 2 aromatic rings. The first kappa shape index (κ1) is 10.1. The van der Waals surface area contributed by atoms with Gasteiger partial charge in [0, 0.05) is 23.8 Å². The number of thiophene rings is 1. The highest BCUT2D eigenvalue weighted by Gasteiger charge is 2.20. The smallest absolute Gasteiger partial charge is 0.313 e. The summed E-state index contributed by atoms with van der Waals surface area (Å²) in [5.74, 6) is -1.49. The van der Waals surface area contributed by atoms with Crippen LogP contribution in [0.2, 0.25) is 0 Å². The summed E-state index contributed by atoms with van der Waals surface area (Å²) in [5.41, 5.74) is 5.44.